The van der Waals surface area contributed by atoms with Crippen LogP contribution in [0.25, 0.3) is 0 Å². The van der Waals surface area contributed by atoms with Crippen LogP contribution < -0.4 is 16.2 Å². The van der Waals surface area contributed by atoms with Crippen LogP contribution in [0.15, 0.2) is 60.7 Å². The summed E-state index contributed by atoms with van der Waals surface area (Å²) >= 11 is 0. The van der Waals surface area contributed by atoms with Crippen LogP contribution in [0.3, 0.4) is 0 Å². The molecule has 0 radical (unpaired) electrons. The molecule has 6 nitrogen and oxygen atoms in total. The first kappa shape index (κ1) is 20.2. The number of amides is 1. The van der Waals surface area contributed by atoms with Crippen LogP contribution in [-0.2, 0) is 9.53 Å². The highest BCUT2D eigenvalue weighted by molar-refractivity contribution is 5.98. The highest BCUT2D eigenvalue weighted by atomic mass is 19.4. The van der Waals surface area contributed by atoms with E-state index in [0.29, 0.717) is 0 Å². The van der Waals surface area contributed by atoms with Crippen molar-refractivity contribution < 1.29 is 27.5 Å². The molecule has 2 aromatic carbocycles. The van der Waals surface area contributed by atoms with E-state index < -0.39 is 23.7 Å². The summed E-state index contributed by atoms with van der Waals surface area (Å²) in [6.07, 6.45) is -5.20. The van der Waals surface area contributed by atoms with E-state index in [4.69, 9.17) is 0 Å². The fraction of sp³-hybridized carbons (Fsp3) is 0.222. The second-order valence-electron chi connectivity index (χ2n) is 5.40. The van der Waals surface area contributed by atoms with Gasteiger partial charge in [-0.05, 0) is 31.2 Å². The molecule has 0 aliphatic heterocycles. The Kier molecular flexibility index (Phi) is 6.40. The molecule has 1 atom stereocenters. The van der Waals surface area contributed by atoms with E-state index in [2.05, 4.69) is 10.2 Å². The molecule has 0 heterocycles. The minimum atomic E-state index is -5.20. The van der Waals surface area contributed by atoms with Crippen LogP contribution in [0, 0.1) is 0 Å². The Labute approximate surface area is 153 Å². The Morgan fingerprint density at radius 2 is 1.52 bits per heavy atom. The third kappa shape index (κ3) is 4.76. The molecular formula is C18H18F3N3O3. The molecule has 2 aromatic rings. The van der Waals surface area contributed by atoms with Crippen molar-refractivity contribution >= 4 is 17.6 Å². The van der Waals surface area contributed by atoms with Gasteiger partial charge in [-0.3, -0.25) is 4.79 Å². The van der Waals surface area contributed by atoms with Gasteiger partial charge in [0.25, 0.3) is 5.91 Å². The summed E-state index contributed by atoms with van der Waals surface area (Å²) in [7, 11) is 0. The number of hydrazine groups is 1. The molecule has 1 unspecified atom stereocenters. The zero-order chi connectivity index (χ0) is 19.9. The van der Waals surface area contributed by atoms with Gasteiger partial charge in [0.05, 0.1) is 6.61 Å². The topological polar surface area (TPSA) is 79.5 Å². The predicted octanol–water partition coefficient (Wildman–Crippen LogP) is 2.85. The first-order valence-corrected chi connectivity index (χ1v) is 8.00. The molecule has 3 N–H and O–H groups in total. The lowest BCUT2D eigenvalue weighted by molar-refractivity contribution is -0.217. The maximum atomic E-state index is 13.9. The predicted molar refractivity (Wildman–Crippen MR) is 92.5 cm³/mol. The fourth-order valence-electron chi connectivity index (χ4n) is 2.15. The van der Waals surface area contributed by atoms with E-state index in [1.165, 1.54) is 43.3 Å². The normalized spacial score (nSPS) is 13.3. The minimum Gasteiger partial charge on any atom is -0.463 e. The Bertz CT molecular complexity index is 770. The van der Waals surface area contributed by atoms with Crippen LogP contribution in [0.5, 0.6) is 0 Å². The molecule has 0 aliphatic carbocycles. The lowest BCUT2D eigenvalue weighted by atomic mass is 10.1. The third-order valence-electron chi connectivity index (χ3n) is 3.51. The number of para-hydroxylation sites is 1. The van der Waals surface area contributed by atoms with Gasteiger partial charge in [-0.25, -0.2) is 4.79 Å². The molecule has 1 amide bonds. The van der Waals surface area contributed by atoms with Crippen molar-refractivity contribution in [3.8, 4) is 0 Å². The standard InChI is InChI=1S/C18H18F3N3O3/c1-2-27-16(26)17(18(19,20)21,24-23-14-11-7-4-8-12-14)22-15(25)13-9-5-3-6-10-13/h3-12,23-24H,2H2,1H3,(H,22,25). The average molecular weight is 381 g/mol. The van der Waals surface area contributed by atoms with E-state index in [1.807, 2.05) is 5.43 Å². The van der Waals surface area contributed by atoms with Gasteiger partial charge >= 0.3 is 17.8 Å². The smallest absolute Gasteiger partial charge is 0.438 e. The summed E-state index contributed by atoms with van der Waals surface area (Å²) in [6, 6.07) is 15.1. The molecule has 144 valence electrons. The molecule has 0 saturated carbocycles. The van der Waals surface area contributed by atoms with Crippen molar-refractivity contribution in [3.63, 3.8) is 0 Å². The number of rotatable bonds is 7. The van der Waals surface area contributed by atoms with Crippen LogP contribution in [-0.4, -0.2) is 30.3 Å². The summed E-state index contributed by atoms with van der Waals surface area (Å²) in [5.74, 6) is -2.78. The van der Waals surface area contributed by atoms with Crippen molar-refractivity contribution in [2.24, 2.45) is 0 Å². The number of nitrogens with one attached hydrogen (secondary N) is 3. The Morgan fingerprint density at radius 1 is 0.963 bits per heavy atom. The third-order valence-corrected chi connectivity index (χ3v) is 3.51. The van der Waals surface area contributed by atoms with Crippen LogP contribution in [0.2, 0.25) is 0 Å². The molecule has 27 heavy (non-hydrogen) atoms. The van der Waals surface area contributed by atoms with Crippen LogP contribution >= 0.6 is 0 Å². The summed E-state index contributed by atoms with van der Waals surface area (Å²) in [5, 5.41) is 1.73. The van der Waals surface area contributed by atoms with Crippen LogP contribution in [0.4, 0.5) is 18.9 Å². The van der Waals surface area contributed by atoms with E-state index >= 15 is 0 Å². The van der Waals surface area contributed by atoms with Crippen molar-refractivity contribution in [1.29, 1.82) is 0 Å². The summed E-state index contributed by atoms with van der Waals surface area (Å²) in [4.78, 5) is 24.6. The van der Waals surface area contributed by atoms with Gasteiger partial charge < -0.3 is 15.5 Å². The number of halogens is 3. The summed E-state index contributed by atoms with van der Waals surface area (Å²) in [5.41, 5.74) is 0.911. The maximum Gasteiger partial charge on any atom is 0.438 e. The second-order valence-corrected chi connectivity index (χ2v) is 5.40. The number of alkyl halides is 3. The summed E-state index contributed by atoms with van der Waals surface area (Å²) in [6.45, 7) is 1.06. The van der Waals surface area contributed by atoms with Gasteiger partial charge in [-0.15, -0.1) is 0 Å². The zero-order valence-corrected chi connectivity index (χ0v) is 14.3. The van der Waals surface area contributed by atoms with Gasteiger partial charge in [-0.1, -0.05) is 36.4 Å². The van der Waals surface area contributed by atoms with Gasteiger partial charge in [-0.2, -0.15) is 18.6 Å². The molecule has 9 heteroatoms. The molecular weight excluding hydrogens is 363 g/mol. The molecule has 0 aliphatic rings. The Morgan fingerprint density at radius 3 is 2.04 bits per heavy atom. The maximum absolute atomic E-state index is 13.9. The second kappa shape index (κ2) is 8.54. The lowest BCUT2D eigenvalue weighted by Gasteiger charge is -2.35. The zero-order valence-electron chi connectivity index (χ0n) is 14.3. The lowest BCUT2D eigenvalue weighted by Crippen LogP contribution is -2.73. The van der Waals surface area contributed by atoms with Gasteiger partial charge in [0.1, 0.15) is 0 Å². The van der Waals surface area contributed by atoms with E-state index in [-0.39, 0.29) is 17.9 Å². The number of hydrogen-bond donors (Lipinski definition) is 3. The molecule has 0 fully saturated rings. The number of benzene rings is 2. The van der Waals surface area contributed by atoms with Gasteiger partial charge in [0.2, 0.25) is 0 Å². The first-order chi connectivity index (χ1) is 12.8. The number of anilines is 1. The Hall–Kier alpha value is -3.07. The molecule has 0 aromatic heterocycles. The number of ether oxygens (including phenoxy) is 1. The number of carbonyl (C=O) groups excluding carboxylic acids is 2. The quantitative estimate of drug-likeness (QED) is 0.391. The SMILES string of the molecule is CCOC(=O)C(NNc1ccccc1)(NC(=O)c1ccccc1)C(F)(F)F. The van der Waals surface area contributed by atoms with E-state index in [0.717, 1.165) is 0 Å². The highest BCUT2D eigenvalue weighted by Crippen LogP contribution is 2.30. The van der Waals surface area contributed by atoms with Gasteiger partial charge in [0, 0.05) is 11.3 Å². The largest absolute Gasteiger partial charge is 0.463 e. The Balaban J connectivity index is 2.37. The van der Waals surface area contributed by atoms with E-state index in [9.17, 15) is 22.8 Å². The number of carbonyl (C=O) groups is 2. The van der Waals surface area contributed by atoms with E-state index in [1.54, 1.807) is 29.6 Å². The minimum absolute atomic E-state index is 0.0445. The molecule has 0 bridgehead atoms. The fourth-order valence-corrected chi connectivity index (χ4v) is 2.15. The monoisotopic (exact) mass is 381 g/mol. The van der Waals surface area contributed by atoms with Crippen molar-refractivity contribution in [3.05, 3.63) is 66.2 Å². The highest BCUT2D eigenvalue weighted by Gasteiger charge is 2.63. The molecule has 2 rings (SSSR count). The van der Waals surface area contributed by atoms with Gasteiger partial charge in [0.15, 0.2) is 0 Å². The first-order valence-electron chi connectivity index (χ1n) is 8.00. The molecule has 0 spiro atoms. The summed E-state index contributed by atoms with van der Waals surface area (Å²) < 4.78 is 46.3. The van der Waals surface area contributed by atoms with Crippen molar-refractivity contribution in [2.75, 3.05) is 12.0 Å². The van der Waals surface area contributed by atoms with Crippen LogP contribution in [0.1, 0.15) is 17.3 Å². The van der Waals surface area contributed by atoms with Crippen molar-refractivity contribution in [2.45, 2.75) is 18.8 Å². The number of esters is 1. The van der Waals surface area contributed by atoms with Crippen molar-refractivity contribution in [1.82, 2.24) is 10.7 Å². The average Bonchev–Trinajstić information content (AvgIpc) is 2.65. The number of hydrogen-bond acceptors (Lipinski definition) is 5. The molecule has 0 saturated heterocycles.